The van der Waals surface area contributed by atoms with Gasteiger partial charge in [0.05, 0.1) is 5.69 Å². The van der Waals surface area contributed by atoms with Crippen molar-refractivity contribution in [3.05, 3.63) is 52.8 Å². The van der Waals surface area contributed by atoms with E-state index in [1.54, 1.807) is 0 Å². The van der Waals surface area contributed by atoms with Crippen molar-refractivity contribution in [3.8, 4) is 0 Å². The number of hydrogen-bond acceptors (Lipinski definition) is 3. The fourth-order valence-electron chi connectivity index (χ4n) is 2.41. The standard InChI is InChI=1S/C16H22N4O.ClH/c1-11-14(12(2)20(3)19-11)9-10-18-16(21)15(17)13-7-5-4-6-8-13;/h4-8,15H,9-10,17H2,1-3H3,(H,18,21);1H. The monoisotopic (exact) mass is 322 g/mol. The molecule has 1 atom stereocenters. The van der Waals surface area contributed by atoms with Gasteiger partial charge in [-0.25, -0.2) is 0 Å². The average Bonchev–Trinajstić information content (AvgIpc) is 2.73. The number of nitrogens with two attached hydrogens (primary N) is 1. The second kappa shape index (κ2) is 7.96. The van der Waals surface area contributed by atoms with E-state index in [-0.39, 0.29) is 18.3 Å². The number of amides is 1. The van der Waals surface area contributed by atoms with Gasteiger partial charge in [-0.15, -0.1) is 12.4 Å². The molecule has 0 saturated heterocycles. The summed E-state index contributed by atoms with van der Waals surface area (Å²) in [5, 5.41) is 7.26. The average molecular weight is 323 g/mol. The molecule has 0 aliphatic carbocycles. The van der Waals surface area contributed by atoms with Crippen LogP contribution in [0.5, 0.6) is 0 Å². The van der Waals surface area contributed by atoms with Crippen LogP contribution in [0.15, 0.2) is 30.3 Å². The van der Waals surface area contributed by atoms with E-state index >= 15 is 0 Å². The predicted molar refractivity (Wildman–Crippen MR) is 90.0 cm³/mol. The van der Waals surface area contributed by atoms with E-state index in [0.29, 0.717) is 6.54 Å². The minimum atomic E-state index is -0.623. The lowest BCUT2D eigenvalue weighted by atomic mass is 10.1. The van der Waals surface area contributed by atoms with Crippen molar-refractivity contribution in [2.75, 3.05) is 6.54 Å². The van der Waals surface area contributed by atoms with E-state index in [1.165, 1.54) is 5.56 Å². The highest BCUT2D eigenvalue weighted by atomic mass is 35.5. The maximum atomic E-state index is 12.1. The first-order valence-corrected chi connectivity index (χ1v) is 7.08. The Morgan fingerprint density at radius 2 is 1.95 bits per heavy atom. The molecule has 1 aromatic carbocycles. The molecule has 1 unspecified atom stereocenters. The number of carbonyl (C=O) groups excluding carboxylic acids is 1. The SMILES string of the molecule is Cc1nn(C)c(C)c1CCNC(=O)C(N)c1ccccc1.Cl. The summed E-state index contributed by atoms with van der Waals surface area (Å²) in [5.74, 6) is -0.152. The van der Waals surface area contributed by atoms with Crippen LogP contribution in [0, 0.1) is 13.8 Å². The number of benzene rings is 1. The number of hydrogen-bond donors (Lipinski definition) is 2. The molecule has 2 rings (SSSR count). The van der Waals surface area contributed by atoms with Gasteiger partial charge >= 0.3 is 0 Å². The van der Waals surface area contributed by atoms with Crippen LogP contribution in [0.1, 0.15) is 28.6 Å². The first-order valence-electron chi connectivity index (χ1n) is 7.08. The van der Waals surface area contributed by atoms with Gasteiger partial charge in [-0.3, -0.25) is 9.48 Å². The number of rotatable bonds is 5. The number of nitrogens with one attached hydrogen (secondary N) is 1. The summed E-state index contributed by atoms with van der Waals surface area (Å²) in [6, 6.07) is 8.76. The maximum absolute atomic E-state index is 12.1. The van der Waals surface area contributed by atoms with Crippen molar-refractivity contribution in [2.45, 2.75) is 26.3 Å². The van der Waals surface area contributed by atoms with Gasteiger partial charge in [-0.05, 0) is 31.4 Å². The molecule has 120 valence electrons. The third-order valence-corrected chi connectivity index (χ3v) is 3.77. The van der Waals surface area contributed by atoms with Gasteiger partial charge in [0.25, 0.3) is 0 Å². The molecule has 0 radical (unpaired) electrons. The summed E-state index contributed by atoms with van der Waals surface area (Å²) in [7, 11) is 1.93. The molecule has 0 fully saturated rings. The number of halogens is 1. The molecule has 1 heterocycles. The highest BCUT2D eigenvalue weighted by Gasteiger charge is 2.15. The Morgan fingerprint density at radius 3 is 2.50 bits per heavy atom. The molecular weight excluding hydrogens is 300 g/mol. The van der Waals surface area contributed by atoms with Gasteiger partial charge in [0, 0.05) is 19.3 Å². The Morgan fingerprint density at radius 1 is 1.32 bits per heavy atom. The predicted octanol–water partition coefficient (Wildman–Crippen LogP) is 1.82. The van der Waals surface area contributed by atoms with Crippen molar-refractivity contribution >= 4 is 18.3 Å². The molecule has 3 N–H and O–H groups in total. The number of nitrogens with zero attached hydrogens (tertiary/aromatic N) is 2. The van der Waals surface area contributed by atoms with Crippen molar-refractivity contribution in [2.24, 2.45) is 12.8 Å². The van der Waals surface area contributed by atoms with E-state index in [4.69, 9.17) is 5.73 Å². The molecule has 6 heteroatoms. The normalized spacial score (nSPS) is 11.6. The Hall–Kier alpha value is -1.85. The maximum Gasteiger partial charge on any atom is 0.241 e. The quantitative estimate of drug-likeness (QED) is 0.882. The summed E-state index contributed by atoms with van der Waals surface area (Å²) >= 11 is 0. The lowest BCUT2D eigenvalue weighted by molar-refractivity contribution is -0.122. The van der Waals surface area contributed by atoms with Gasteiger partial charge in [0.15, 0.2) is 0 Å². The highest BCUT2D eigenvalue weighted by molar-refractivity contribution is 5.85. The van der Waals surface area contributed by atoms with Crippen molar-refractivity contribution < 1.29 is 4.79 Å². The van der Waals surface area contributed by atoms with E-state index < -0.39 is 6.04 Å². The smallest absolute Gasteiger partial charge is 0.241 e. The second-order valence-corrected chi connectivity index (χ2v) is 5.20. The van der Waals surface area contributed by atoms with Gasteiger partial charge < -0.3 is 11.1 Å². The summed E-state index contributed by atoms with van der Waals surface area (Å²) in [6.45, 7) is 4.58. The van der Waals surface area contributed by atoms with Gasteiger partial charge in [-0.2, -0.15) is 5.10 Å². The van der Waals surface area contributed by atoms with Crippen LogP contribution < -0.4 is 11.1 Å². The lowest BCUT2D eigenvalue weighted by Gasteiger charge is -2.12. The van der Waals surface area contributed by atoms with Crippen molar-refractivity contribution in [3.63, 3.8) is 0 Å². The minimum absolute atomic E-state index is 0. The van der Waals surface area contributed by atoms with E-state index in [2.05, 4.69) is 10.4 Å². The summed E-state index contributed by atoms with van der Waals surface area (Å²) in [6.07, 6.45) is 0.763. The number of aryl methyl sites for hydroxylation is 2. The molecule has 22 heavy (non-hydrogen) atoms. The summed E-state index contributed by atoms with van der Waals surface area (Å²) < 4.78 is 1.86. The van der Waals surface area contributed by atoms with Crippen LogP contribution >= 0.6 is 12.4 Å². The third kappa shape index (κ3) is 4.08. The van der Waals surface area contributed by atoms with Crippen LogP contribution in [0.25, 0.3) is 0 Å². The molecule has 0 bridgehead atoms. The molecular formula is C16H23ClN4O. The topological polar surface area (TPSA) is 72.9 Å². The molecule has 1 aromatic heterocycles. The van der Waals surface area contributed by atoms with E-state index in [9.17, 15) is 4.79 Å². The van der Waals surface area contributed by atoms with Crippen molar-refractivity contribution in [1.82, 2.24) is 15.1 Å². The fraction of sp³-hybridized carbons (Fsp3) is 0.375. The van der Waals surface area contributed by atoms with Gasteiger partial charge in [0.1, 0.15) is 6.04 Å². The van der Waals surface area contributed by atoms with Crippen LogP contribution in [-0.2, 0) is 18.3 Å². The van der Waals surface area contributed by atoms with Crippen LogP contribution in [-0.4, -0.2) is 22.2 Å². The lowest BCUT2D eigenvalue weighted by Crippen LogP contribution is -2.35. The molecule has 0 spiro atoms. The van der Waals surface area contributed by atoms with Crippen molar-refractivity contribution in [1.29, 1.82) is 0 Å². The van der Waals surface area contributed by atoms with E-state index in [1.807, 2.05) is 55.9 Å². The molecule has 1 amide bonds. The first kappa shape index (κ1) is 18.2. The molecule has 2 aromatic rings. The zero-order valence-electron chi connectivity index (χ0n) is 13.2. The Labute approximate surface area is 137 Å². The fourth-order valence-corrected chi connectivity index (χ4v) is 2.41. The summed E-state index contributed by atoms with van der Waals surface area (Å²) in [4.78, 5) is 12.1. The zero-order chi connectivity index (χ0) is 15.4. The Bertz CT molecular complexity index is 625. The van der Waals surface area contributed by atoms with Crippen LogP contribution in [0.4, 0.5) is 0 Å². The van der Waals surface area contributed by atoms with Crippen LogP contribution in [0.2, 0.25) is 0 Å². The van der Waals surface area contributed by atoms with E-state index in [0.717, 1.165) is 23.4 Å². The summed E-state index contributed by atoms with van der Waals surface area (Å²) in [5.41, 5.74) is 10.1. The molecule has 0 aliphatic heterocycles. The highest BCUT2D eigenvalue weighted by Crippen LogP contribution is 2.12. The second-order valence-electron chi connectivity index (χ2n) is 5.20. The Kier molecular flexibility index (Phi) is 6.59. The number of aromatic nitrogens is 2. The van der Waals surface area contributed by atoms with Gasteiger partial charge in [0.2, 0.25) is 5.91 Å². The minimum Gasteiger partial charge on any atom is -0.354 e. The molecule has 5 nitrogen and oxygen atoms in total. The molecule has 0 aliphatic rings. The largest absolute Gasteiger partial charge is 0.354 e. The Balaban J connectivity index is 0.00000242. The molecule has 0 saturated carbocycles. The third-order valence-electron chi connectivity index (χ3n) is 3.77. The van der Waals surface area contributed by atoms with Gasteiger partial charge in [-0.1, -0.05) is 30.3 Å². The zero-order valence-corrected chi connectivity index (χ0v) is 14.0. The first-order chi connectivity index (χ1) is 10.0. The number of carbonyl (C=O) groups is 1. The van der Waals surface area contributed by atoms with Crippen LogP contribution in [0.3, 0.4) is 0 Å².